The van der Waals surface area contributed by atoms with Gasteiger partial charge >= 0.3 is 0 Å². The summed E-state index contributed by atoms with van der Waals surface area (Å²) in [4.78, 5) is 19.7. The molecule has 0 N–H and O–H groups in total. The molecular formula is C24H26N4O2. The fraction of sp³-hybridized carbons (Fsp3) is 0.333. The first-order valence-corrected chi connectivity index (χ1v) is 10.7. The Kier molecular flexibility index (Phi) is 5.01. The minimum atomic E-state index is 0.0433. The first kappa shape index (κ1) is 18.9. The molecule has 0 amide bonds. The number of anilines is 1. The van der Waals surface area contributed by atoms with E-state index in [1.807, 2.05) is 23.9 Å². The first-order chi connectivity index (χ1) is 14.8. The maximum Gasteiger partial charge on any atom is 0.253 e. The van der Waals surface area contributed by atoms with Gasteiger partial charge in [-0.3, -0.25) is 4.79 Å². The largest absolute Gasteiger partial charge is 0.378 e. The standard InChI is InChI=1S/C24H26N4O2/c1-2-27-21-9-8-19(28-11-10-25-24(28)18-6-4-3-5-7-18)16-20(21)22(17-23(27)29)26-12-14-30-15-13-26/h3-4,6,8-11,16-17H,2,5,7,12-15H2,1H3. The van der Waals surface area contributed by atoms with Crippen LogP contribution in [0.2, 0.25) is 0 Å². The van der Waals surface area contributed by atoms with Gasteiger partial charge in [-0.15, -0.1) is 0 Å². The molecule has 1 aliphatic heterocycles. The van der Waals surface area contributed by atoms with Crippen LogP contribution in [0.4, 0.5) is 5.69 Å². The van der Waals surface area contributed by atoms with Gasteiger partial charge in [0.1, 0.15) is 5.82 Å². The van der Waals surface area contributed by atoms with E-state index in [0.29, 0.717) is 19.8 Å². The Morgan fingerprint density at radius 3 is 2.80 bits per heavy atom. The lowest BCUT2D eigenvalue weighted by atomic mass is 10.0. The molecule has 0 atom stereocenters. The van der Waals surface area contributed by atoms with Gasteiger partial charge in [-0.1, -0.05) is 18.2 Å². The number of morpholine rings is 1. The average Bonchev–Trinajstić information content (AvgIpc) is 3.29. The molecule has 2 aromatic heterocycles. The second-order valence-electron chi connectivity index (χ2n) is 7.69. The van der Waals surface area contributed by atoms with Crippen LogP contribution in [0, 0.1) is 0 Å². The number of ether oxygens (including phenoxy) is 1. The molecule has 5 rings (SSSR count). The zero-order valence-corrected chi connectivity index (χ0v) is 17.3. The van der Waals surface area contributed by atoms with Gasteiger partial charge in [0.2, 0.25) is 0 Å². The fourth-order valence-corrected chi connectivity index (χ4v) is 4.44. The summed E-state index contributed by atoms with van der Waals surface area (Å²) >= 11 is 0. The van der Waals surface area contributed by atoms with E-state index >= 15 is 0 Å². The second kappa shape index (κ2) is 7.95. The molecule has 30 heavy (non-hydrogen) atoms. The molecule has 1 aliphatic carbocycles. The van der Waals surface area contributed by atoms with Crippen molar-refractivity contribution in [1.82, 2.24) is 14.1 Å². The Morgan fingerprint density at radius 1 is 1.17 bits per heavy atom. The summed E-state index contributed by atoms with van der Waals surface area (Å²) in [5.74, 6) is 0.982. The maximum atomic E-state index is 12.8. The van der Waals surface area contributed by atoms with E-state index < -0.39 is 0 Å². The van der Waals surface area contributed by atoms with Crippen LogP contribution in [-0.4, -0.2) is 40.4 Å². The lowest BCUT2D eigenvalue weighted by molar-refractivity contribution is 0.123. The summed E-state index contributed by atoms with van der Waals surface area (Å²) in [7, 11) is 0. The molecule has 3 aromatic rings. The van der Waals surface area contributed by atoms with Crippen LogP contribution in [0.5, 0.6) is 0 Å². The highest BCUT2D eigenvalue weighted by molar-refractivity contribution is 5.93. The van der Waals surface area contributed by atoms with Gasteiger partial charge in [0, 0.05) is 49.2 Å². The molecule has 1 fully saturated rings. The van der Waals surface area contributed by atoms with E-state index in [0.717, 1.165) is 54.0 Å². The number of benzene rings is 1. The number of pyridine rings is 1. The van der Waals surface area contributed by atoms with Crippen LogP contribution >= 0.6 is 0 Å². The smallest absolute Gasteiger partial charge is 0.253 e. The van der Waals surface area contributed by atoms with Crippen molar-refractivity contribution >= 4 is 22.2 Å². The molecule has 1 aromatic carbocycles. The van der Waals surface area contributed by atoms with Gasteiger partial charge < -0.3 is 18.8 Å². The van der Waals surface area contributed by atoms with Crippen molar-refractivity contribution in [3.05, 3.63) is 71.1 Å². The molecule has 6 nitrogen and oxygen atoms in total. The van der Waals surface area contributed by atoms with Crippen LogP contribution in [0.25, 0.3) is 22.2 Å². The molecule has 6 heteroatoms. The first-order valence-electron chi connectivity index (χ1n) is 10.7. The third kappa shape index (κ3) is 3.27. The number of rotatable bonds is 4. The van der Waals surface area contributed by atoms with E-state index in [4.69, 9.17) is 4.74 Å². The number of hydrogen-bond acceptors (Lipinski definition) is 4. The minimum absolute atomic E-state index is 0.0433. The predicted molar refractivity (Wildman–Crippen MR) is 120 cm³/mol. The maximum absolute atomic E-state index is 12.8. The van der Waals surface area contributed by atoms with E-state index in [2.05, 4.69) is 50.9 Å². The third-order valence-corrected chi connectivity index (χ3v) is 5.96. The fourth-order valence-electron chi connectivity index (χ4n) is 4.44. The highest BCUT2D eigenvalue weighted by Crippen LogP contribution is 2.30. The Balaban J connectivity index is 1.68. The normalized spacial score (nSPS) is 16.8. The van der Waals surface area contributed by atoms with Gasteiger partial charge in [-0.05, 0) is 43.5 Å². The van der Waals surface area contributed by atoms with Crippen molar-refractivity contribution in [3.63, 3.8) is 0 Å². The minimum Gasteiger partial charge on any atom is -0.378 e. The van der Waals surface area contributed by atoms with Crippen molar-refractivity contribution in [1.29, 1.82) is 0 Å². The van der Waals surface area contributed by atoms with Crippen LogP contribution in [-0.2, 0) is 11.3 Å². The number of aromatic nitrogens is 3. The SMILES string of the molecule is CCn1c(=O)cc(N2CCOCC2)c2cc(-n3ccnc3C3=CC=CCC3)ccc21. The molecule has 1 saturated heterocycles. The molecule has 2 aliphatic rings. The quantitative estimate of drug-likeness (QED) is 0.667. The lowest BCUT2D eigenvalue weighted by Gasteiger charge is -2.30. The molecule has 0 saturated carbocycles. The Hall–Kier alpha value is -3.12. The van der Waals surface area contributed by atoms with Crippen molar-refractivity contribution in [2.24, 2.45) is 0 Å². The van der Waals surface area contributed by atoms with E-state index in [1.165, 1.54) is 5.57 Å². The van der Waals surface area contributed by atoms with E-state index in [-0.39, 0.29) is 5.56 Å². The van der Waals surface area contributed by atoms with Crippen LogP contribution in [0.15, 0.2) is 59.7 Å². The lowest BCUT2D eigenvalue weighted by Crippen LogP contribution is -2.37. The predicted octanol–water partition coefficient (Wildman–Crippen LogP) is 3.78. The topological polar surface area (TPSA) is 52.3 Å². The highest BCUT2D eigenvalue weighted by atomic mass is 16.5. The molecular weight excluding hydrogens is 376 g/mol. The molecule has 0 bridgehead atoms. The Bertz CT molecular complexity index is 1200. The molecule has 154 valence electrons. The molecule has 0 spiro atoms. The van der Waals surface area contributed by atoms with Crippen molar-refractivity contribution in [2.75, 3.05) is 31.2 Å². The van der Waals surface area contributed by atoms with Gasteiger partial charge in [-0.25, -0.2) is 4.98 Å². The van der Waals surface area contributed by atoms with Gasteiger partial charge in [0.25, 0.3) is 5.56 Å². The van der Waals surface area contributed by atoms with Crippen molar-refractivity contribution in [3.8, 4) is 5.69 Å². The number of allylic oxidation sites excluding steroid dienone is 4. The van der Waals surface area contributed by atoms with Crippen molar-refractivity contribution < 1.29 is 4.74 Å². The number of hydrogen-bond donors (Lipinski definition) is 0. The third-order valence-electron chi connectivity index (χ3n) is 5.96. The molecule has 3 heterocycles. The number of aryl methyl sites for hydroxylation is 1. The summed E-state index contributed by atoms with van der Waals surface area (Å²) in [6.07, 6.45) is 12.3. The number of nitrogens with zero attached hydrogens (tertiary/aromatic N) is 4. The van der Waals surface area contributed by atoms with Crippen LogP contribution in [0.1, 0.15) is 25.6 Å². The molecule has 0 unspecified atom stereocenters. The van der Waals surface area contributed by atoms with Crippen LogP contribution < -0.4 is 10.5 Å². The zero-order chi connectivity index (χ0) is 20.5. The van der Waals surface area contributed by atoms with Crippen LogP contribution in [0.3, 0.4) is 0 Å². The highest BCUT2D eigenvalue weighted by Gasteiger charge is 2.18. The second-order valence-corrected chi connectivity index (χ2v) is 7.69. The summed E-state index contributed by atoms with van der Waals surface area (Å²) < 4.78 is 9.51. The Morgan fingerprint density at radius 2 is 2.03 bits per heavy atom. The average molecular weight is 402 g/mol. The summed E-state index contributed by atoms with van der Waals surface area (Å²) in [6, 6.07) is 8.13. The zero-order valence-electron chi connectivity index (χ0n) is 17.3. The van der Waals surface area contributed by atoms with Gasteiger partial charge in [0.15, 0.2) is 0 Å². The summed E-state index contributed by atoms with van der Waals surface area (Å²) in [5.41, 5.74) is 4.31. The Labute approximate surface area is 175 Å². The number of fused-ring (bicyclic) bond motifs is 1. The monoisotopic (exact) mass is 402 g/mol. The molecule has 0 radical (unpaired) electrons. The van der Waals surface area contributed by atoms with Crippen molar-refractivity contribution in [2.45, 2.75) is 26.3 Å². The summed E-state index contributed by atoms with van der Waals surface area (Å²) in [5, 5.41) is 1.09. The van der Waals surface area contributed by atoms with Gasteiger partial charge in [0.05, 0.1) is 24.4 Å². The number of imidazole rings is 1. The summed E-state index contributed by atoms with van der Waals surface area (Å²) in [6.45, 7) is 5.62. The van der Waals surface area contributed by atoms with E-state index in [1.54, 1.807) is 6.07 Å². The van der Waals surface area contributed by atoms with Gasteiger partial charge in [-0.2, -0.15) is 0 Å². The van der Waals surface area contributed by atoms with E-state index in [9.17, 15) is 4.79 Å².